The molecule has 25 heavy (non-hydrogen) atoms. The maximum absolute atomic E-state index is 5.32. The molecule has 0 fully saturated rings. The van der Waals surface area contributed by atoms with E-state index in [1.165, 1.54) is 0 Å². The first-order chi connectivity index (χ1) is 12.1. The van der Waals surface area contributed by atoms with Crippen molar-refractivity contribution < 1.29 is 18.9 Å². The minimum Gasteiger partial charge on any atom is -0.493 e. The van der Waals surface area contributed by atoms with Gasteiger partial charge in [0.05, 0.1) is 40.7 Å². The summed E-state index contributed by atoms with van der Waals surface area (Å²) in [5.41, 5.74) is 5.92. The highest BCUT2D eigenvalue weighted by atomic mass is 16.5. The first-order valence-electron chi connectivity index (χ1n) is 7.83. The van der Waals surface area contributed by atoms with Crippen LogP contribution in [0.4, 0.5) is 0 Å². The lowest BCUT2D eigenvalue weighted by atomic mass is 10.1. The van der Waals surface area contributed by atoms with Crippen LogP contribution in [0.25, 0.3) is 0 Å². The molecule has 0 bridgehead atoms. The maximum Gasteiger partial charge on any atom is 0.161 e. The molecular weight excluding hydrogens is 320 g/mol. The summed E-state index contributed by atoms with van der Waals surface area (Å²) in [4.78, 5) is 0. The van der Waals surface area contributed by atoms with Gasteiger partial charge in [-0.25, -0.2) is 0 Å². The lowest BCUT2D eigenvalue weighted by Gasteiger charge is -2.11. The van der Waals surface area contributed by atoms with Crippen LogP contribution in [-0.2, 0) is 6.54 Å². The quantitative estimate of drug-likeness (QED) is 0.588. The van der Waals surface area contributed by atoms with E-state index in [4.69, 9.17) is 18.9 Å². The second-order valence-electron chi connectivity index (χ2n) is 5.29. The molecule has 0 aliphatic heterocycles. The van der Waals surface area contributed by atoms with Gasteiger partial charge in [0.25, 0.3) is 0 Å². The van der Waals surface area contributed by atoms with Crippen LogP contribution in [0.5, 0.6) is 23.0 Å². The molecule has 2 rings (SSSR count). The van der Waals surface area contributed by atoms with Crippen molar-refractivity contribution in [3.8, 4) is 23.0 Å². The Morgan fingerprint density at radius 2 is 1.36 bits per heavy atom. The summed E-state index contributed by atoms with van der Waals surface area (Å²) in [6, 6.07) is 11.5. The Hall–Kier alpha value is -2.89. The van der Waals surface area contributed by atoms with Gasteiger partial charge in [-0.2, -0.15) is 5.10 Å². The summed E-state index contributed by atoms with van der Waals surface area (Å²) < 4.78 is 21.1. The van der Waals surface area contributed by atoms with Crippen molar-refractivity contribution in [3.63, 3.8) is 0 Å². The second kappa shape index (κ2) is 8.82. The zero-order chi connectivity index (χ0) is 18.2. The van der Waals surface area contributed by atoms with Crippen LogP contribution in [-0.4, -0.2) is 34.2 Å². The van der Waals surface area contributed by atoms with E-state index in [0.29, 0.717) is 29.5 Å². The molecule has 1 N–H and O–H groups in total. The number of hydrogen-bond acceptors (Lipinski definition) is 6. The Morgan fingerprint density at radius 1 is 0.800 bits per heavy atom. The normalized spacial score (nSPS) is 11.0. The van der Waals surface area contributed by atoms with Crippen molar-refractivity contribution in [2.75, 3.05) is 28.4 Å². The molecule has 2 aromatic rings. The Bertz CT molecular complexity index is 744. The lowest BCUT2D eigenvalue weighted by molar-refractivity contribution is 0.354. The summed E-state index contributed by atoms with van der Waals surface area (Å²) in [7, 11) is 6.47. The topological polar surface area (TPSA) is 61.3 Å². The highest BCUT2D eigenvalue weighted by Crippen LogP contribution is 2.28. The first kappa shape index (κ1) is 18.4. The van der Waals surface area contributed by atoms with Crippen molar-refractivity contribution in [1.29, 1.82) is 0 Å². The van der Waals surface area contributed by atoms with Gasteiger partial charge in [-0.1, -0.05) is 6.07 Å². The number of methoxy groups -OCH3 is 4. The smallest absolute Gasteiger partial charge is 0.161 e. The fourth-order valence-electron chi connectivity index (χ4n) is 2.37. The van der Waals surface area contributed by atoms with Gasteiger partial charge in [-0.05, 0) is 42.8 Å². The third-order valence-electron chi connectivity index (χ3n) is 3.78. The molecule has 0 unspecified atom stereocenters. The molecular formula is C19H24N2O4. The average Bonchev–Trinajstić information content (AvgIpc) is 2.66. The maximum atomic E-state index is 5.32. The van der Waals surface area contributed by atoms with Crippen molar-refractivity contribution in [2.45, 2.75) is 13.5 Å². The van der Waals surface area contributed by atoms with E-state index in [1.54, 1.807) is 28.4 Å². The van der Waals surface area contributed by atoms with Crippen LogP contribution in [0.15, 0.2) is 41.5 Å². The molecule has 2 aromatic carbocycles. The number of ether oxygens (including phenoxy) is 4. The average molecular weight is 344 g/mol. The minimum absolute atomic E-state index is 0.574. The van der Waals surface area contributed by atoms with E-state index in [2.05, 4.69) is 10.5 Å². The van der Waals surface area contributed by atoms with Gasteiger partial charge in [0.1, 0.15) is 0 Å². The highest BCUT2D eigenvalue weighted by Gasteiger charge is 2.07. The first-order valence-corrected chi connectivity index (χ1v) is 7.83. The van der Waals surface area contributed by atoms with Crippen molar-refractivity contribution in [2.24, 2.45) is 5.10 Å². The van der Waals surface area contributed by atoms with Crippen molar-refractivity contribution in [1.82, 2.24) is 5.43 Å². The number of nitrogens with zero attached hydrogens (tertiary/aromatic N) is 1. The minimum atomic E-state index is 0.574. The van der Waals surface area contributed by atoms with E-state index < -0.39 is 0 Å². The molecule has 0 heterocycles. The van der Waals surface area contributed by atoms with Gasteiger partial charge >= 0.3 is 0 Å². The third kappa shape index (κ3) is 4.56. The molecule has 0 saturated carbocycles. The number of hydrogen-bond donors (Lipinski definition) is 1. The van der Waals surface area contributed by atoms with Crippen LogP contribution in [0.1, 0.15) is 18.1 Å². The van der Waals surface area contributed by atoms with Crippen molar-refractivity contribution >= 4 is 5.71 Å². The number of benzene rings is 2. The second-order valence-corrected chi connectivity index (χ2v) is 5.29. The Balaban J connectivity index is 2.06. The monoisotopic (exact) mass is 344 g/mol. The fraction of sp³-hybridized carbons (Fsp3) is 0.316. The fourth-order valence-corrected chi connectivity index (χ4v) is 2.37. The zero-order valence-electron chi connectivity index (χ0n) is 15.3. The molecule has 0 saturated heterocycles. The predicted octanol–water partition coefficient (Wildman–Crippen LogP) is 3.23. The summed E-state index contributed by atoms with van der Waals surface area (Å²) in [5.74, 6) is 2.77. The highest BCUT2D eigenvalue weighted by molar-refractivity contribution is 5.99. The molecule has 0 aliphatic rings. The van der Waals surface area contributed by atoms with Crippen LogP contribution in [0.3, 0.4) is 0 Å². The van der Waals surface area contributed by atoms with E-state index in [1.807, 2.05) is 43.3 Å². The largest absolute Gasteiger partial charge is 0.493 e. The standard InChI is InChI=1S/C19H24N2O4/c1-13(15-7-9-17(23-3)19(11-15)25-5)21-20-12-14-6-8-16(22-2)18(10-14)24-4/h6-11,20H,12H2,1-5H3/b21-13-. The van der Waals surface area contributed by atoms with Crippen LogP contribution < -0.4 is 24.4 Å². The molecule has 6 heteroatoms. The summed E-state index contributed by atoms with van der Waals surface area (Å²) >= 11 is 0. The third-order valence-corrected chi connectivity index (χ3v) is 3.78. The van der Waals surface area contributed by atoms with Gasteiger partial charge in [0.2, 0.25) is 0 Å². The van der Waals surface area contributed by atoms with Crippen LogP contribution >= 0.6 is 0 Å². The SMILES string of the molecule is COc1ccc(CN/N=C(/C)c2ccc(OC)c(OC)c2)cc1OC. The van der Waals surface area contributed by atoms with Crippen LogP contribution in [0.2, 0.25) is 0 Å². The van der Waals surface area contributed by atoms with Gasteiger partial charge < -0.3 is 24.4 Å². The van der Waals surface area contributed by atoms with E-state index in [-0.39, 0.29) is 0 Å². The van der Waals surface area contributed by atoms with Crippen molar-refractivity contribution in [3.05, 3.63) is 47.5 Å². The molecule has 0 spiro atoms. The molecule has 0 aliphatic carbocycles. The number of nitrogens with one attached hydrogen (secondary N) is 1. The van der Waals surface area contributed by atoms with Gasteiger partial charge in [-0.3, -0.25) is 0 Å². The molecule has 0 radical (unpaired) electrons. The molecule has 0 aromatic heterocycles. The Morgan fingerprint density at radius 3 is 1.96 bits per heavy atom. The van der Waals surface area contributed by atoms with E-state index in [9.17, 15) is 0 Å². The van der Waals surface area contributed by atoms with E-state index >= 15 is 0 Å². The van der Waals surface area contributed by atoms with Gasteiger partial charge in [0, 0.05) is 5.56 Å². The van der Waals surface area contributed by atoms with Crippen LogP contribution in [0, 0.1) is 0 Å². The Kier molecular flexibility index (Phi) is 6.51. The predicted molar refractivity (Wildman–Crippen MR) is 98.1 cm³/mol. The van der Waals surface area contributed by atoms with Gasteiger partial charge in [0.15, 0.2) is 23.0 Å². The molecule has 134 valence electrons. The summed E-state index contributed by atoms with van der Waals surface area (Å²) in [6.45, 7) is 2.51. The molecule has 0 amide bonds. The van der Waals surface area contributed by atoms with Gasteiger partial charge in [-0.15, -0.1) is 0 Å². The summed E-state index contributed by atoms with van der Waals surface area (Å²) in [6.07, 6.45) is 0. The molecule has 0 atom stereocenters. The lowest BCUT2D eigenvalue weighted by Crippen LogP contribution is -2.09. The number of hydrazone groups is 1. The Labute approximate surface area is 148 Å². The number of rotatable bonds is 8. The zero-order valence-corrected chi connectivity index (χ0v) is 15.3. The van der Waals surface area contributed by atoms with E-state index in [0.717, 1.165) is 16.8 Å². The molecule has 6 nitrogen and oxygen atoms in total. The summed E-state index contributed by atoms with van der Waals surface area (Å²) in [5, 5.41) is 4.42.